The van der Waals surface area contributed by atoms with Crippen molar-refractivity contribution in [2.45, 2.75) is 6.92 Å². The Morgan fingerprint density at radius 1 is 1.53 bits per heavy atom. The fourth-order valence-electron chi connectivity index (χ4n) is 1.75. The molecule has 7 nitrogen and oxygen atoms in total. The van der Waals surface area contributed by atoms with E-state index in [9.17, 15) is 14.9 Å². The van der Waals surface area contributed by atoms with Crippen molar-refractivity contribution < 1.29 is 9.72 Å². The Kier molecular flexibility index (Phi) is 3.19. The fraction of sp³-hybridized carbons (Fsp3) is 0.0833. The first kappa shape index (κ1) is 12.6. The molecule has 7 heteroatoms. The summed E-state index contributed by atoms with van der Waals surface area (Å²) in [6.45, 7) is 4.82. The van der Waals surface area contributed by atoms with Crippen molar-refractivity contribution >= 4 is 18.3 Å². The highest BCUT2D eigenvalue weighted by Gasteiger charge is 2.20. The maximum atomic E-state index is 11.5. The molecule has 2 aromatic rings. The number of hydrogen-bond acceptors (Lipinski definition) is 4. The van der Waals surface area contributed by atoms with Gasteiger partial charge in [0.2, 0.25) is 0 Å². The monoisotopic (exact) mass is 258 g/mol. The Balaban J connectivity index is 2.69. The molecule has 1 aromatic heterocycles. The highest BCUT2D eigenvalue weighted by molar-refractivity contribution is 5.99. The van der Waals surface area contributed by atoms with Gasteiger partial charge in [-0.3, -0.25) is 14.9 Å². The van der Waals surface area contributed by atoms with Crippen LogP contribution in [0.4, 0.5) is 5.69 Å². The van der Waals surface area contributed by atoms with Crippen LogP contribution in [0.15, 0.2) is 35.8 Å². The van der Waals surface area contributed by atoms with Gasteiger partial charge in [-0.25, -0.2) is 9.98 Å². The predicted octanol–water partition coefficient (Wildman–Crippen LogP) is 1.93. The second-order valence-corrected chi connectivity index (χ2v) is 3.85. The number of nitrogens with zero attached hydrogens (tertiary/aromatic N) is 4. The standard InChI is InChI=1S/C12H10N4O3/c1-8-5-10(15-4-3-14-7-15)11(16(18)19)6-9(8)12(17)13-2/h3-7H,2H2,1H3. The molecular formula is C12H10N4O3. The average molecular weight is 258 g/mol. The molecule has 0 aliphatic heterocycles. The van der Waals surface area contributed by atoms with Gasteiger partial charge < -0.3 is 4.57 Å². The van der Waals surface area contributed by atoms with Crippen molar-refractivity contribution in [2.24, 2.45) is 4.99 Å². The molecule has 1 aromatic carbocycles. The molecule has 0 saturated carbocycles. The molecular weight excluding hydrogens is 248 g/mol. The molecule has 19 heavy (non-hydrogen) atoms. The van der Waals surface area contributed by atoms with Crippen LogP contribution in [0.25, 0.3) is 5.69 Å². The van der Waals surface area contributed by atoms with Crippen LogP contribution in [0, 0.1) is 17.0 Å². The summed E-state index contributed by atoms with van der Waals surface area (Å²) in [6, 6.07) is 2.76. The van der Waals surface area contributed by atoms with Gasteiger partial charge in [-0.15, -0.1) is 0 Å². The molecule has 0 aliphatic carbocycles. The molecule has 1 heterocycles. The number of carbonyl (C=O) groups is 1. The number of hydrogen-bond donors (Lipinski definition) is 0. The number of amides is 1. The molecule has 0 fully saturated rings. The van der Waals surface area contributed by atoms with Gasteiger partial charge >= 0.3 is 0 Å². The Morgan fingerprint density at radius 2 is 2.26 bits per heavy atom. The van der Waals surface area contributed by atoms with E-state index >= 15 is 0 Å². The van der Waals surface area contributed by atoms with Crippen molar-refractivity contribution in [3.05, 3.63) is 52.1 Å². The highest BCUT2D eigenvalue weighted by Crippen LogP contribution is 2.27. The van der Waals surface area contributed by atoms with Crippen LogP contribution in [-0.4, -0.2) is 27.1 Å². The molecule has 0 N–H and O–H groups in total. The summed E-state index contributed by atoms with van der Waals surface area (Å²) in [5.74, 6) is -0.585. The number of benzene rings is 1. The van der Waals surface area contributed by atoms with Crippen LogP contribution in [-0.2, 0) is 0 Å². The zero-order valence-electron chi connectivity index (χ0n) is 10.1. The van der Waals surface area contributed by atoms with Gasteiger partial charge in [0.15, 0.2) is 0 Å². The van der Waals surface area contributed by atoms with E-state index in [1.807, 2.05) is 0 Å². The summed E-state index contributed by atoms with van der Waals surface area (Å²) in [7, 11) is 0. The Hall–Kier alpha value is -2.83. The molecule has 0 aliphatic rings. The van der Waals surface area contributed by atoms with E-state index in [1.54, 1.807) is 19.2 Å². The Morgan fingerprint density at radius 3 is 2.79 bits per heavy atom. The lowest BCUT2D eigenvalue weighted by Gasteiger charge is -2.08. The maximum absolute atomic E-state index is 11.5. The number of aryl methyl sites for hydroxylation is 1. The van der Waals surface area contributed by atoms with Crippen LogP contribution >= 0.6 is 0 Å². The average Bonchev–Trinajstić information content (AvgIpc) is 2.90. The molecule has 0 unspecified atom stereocenters. The molecule has 0 radical (unpaired) electrons. The van der Waals surface area contributed by atoms with Crippen molar-refractivity contribution in [3.8, 4) is 5.69 Å². The van der Waals surface area contributed by atoms with Gasteiger partial charge in [0.1, 0.15) is 5.69 Å². The summed E-state index contributed by atoms with van der Waals surface area (Å²) in [6.07, 6.45) is 4.56. The third-order valence-corrected chi connectivity index (χ3v) is 2.67. The van der Waals surface area contributed by atoms with Crippen molar-refractivity contribution in [1.29, 1.82) is 0 Å². The van der Waals surface area contributed by atoms with E-state index in [2.05, 4.69) is 16.7 Å². The number of aliphatic imine (C=N–C) groups is 1. The van der Waals surface area contributed by atoms with Crippen LogP contribution in [0.5, 0.6) is 0 Å². The number of nitro benzene ring substituents is 1. The molecule has 2 rings (SSSR count). The first-order valence-corrected chi connectivity index (χ1v) is 5.33. The summed E-state index contributed by atoms with van der Waals surface area (Å²) in [5.41, 5.74) is 0.925. The lowest BCUT2D eigenvalue weighted by Crippen LogP contribution is -2.04. The lowest BCUT2D eigenvalue weighted by molar-refractivity contribution is -0.384. The summed E-state index contributed by atoms with van der Waals surface area (Å²) in [5, 5.41) is 11.1. The minimum absolute atomic E-state index is 0.172. The van der Waals surface area contributed by atoms with Crippen LogP contribution < -0.4 is 0 Å². The zero-order chi connectivity index (χ0) is 14.0. The number of imidazole rings is 1. The van der Waals surface area contributed by atoms with Crippen molar-refractivity contribution in [2.75, 3.05) is 0 Å². The third kappa shape index (κ3) is 2.25. The van der Waals surface area contributed by atoms with E-state index in [0.717, 1.165) is 0 Å². The molecule has 1 amide bonds. The number of carbonyl (C=O) groups excluding carboxylic acids is 1. The van der Waals surface area contributed by atoms with E-state index in [4.69, 9.17) is 0 Å². The maximum Gasteiger partial charge on any atom is 0.294 e. The first-order valence-electron chi connectivity index (χ1n) is 5.33. The molecule has 0 atom stereocenters. The van der Waals surface area contributed by atoms with Crippen molar-refractivity contribution in [3.63, 3.8) is 0 Å². The SMILES string of the molecule is C=NC(=O)c1cc([N+](=O)[O-])c(-n2ccnc2)cc1C. The normalized spacial score (nSPS) is 10.2. The first-order chi connectivity index (χ1) is 9.04. The zero-order valence-corrected chi connectivity index (χ0v) is 10.1. The summed E-state index contributed by atoms with van der Waals surface area (Å²) >= 11 is 0. The quantitative estimate of drug-likeness (QED) is 0.478. The number of aromatic nitrogens is 2. The summed E-state index contributed by atoms with van der Waals surface area (Å²) in [4.78, 5) is 29.2. The molecule has 0 spiro atoms. The lowest BCUT2D eigenvalue weighted by atomic mass is 10.1. The minimum atomic E-state index is -0.585. The smallest absolute Gasteiger partial charge is 0.294 e. The van der Waals surface area contributed by atoms with Gasteiger partial charge in [0.25, 0.3) is 11.6 Å². The van der Waals surface area contributed by atoms with E-state index < -0.39 is 10.8 Å². The van der Waals surface area contributed by atoms with Gasteiger partial charge in [-0.1, -0.05) is 0 Å². The van der Waals surface area contributed by atoms with Crippen LogP contribution in [0.3, 0.4) is 0 Å². The molecule has 0 bridgehead atoms. The Labute approximate surface area is 108 Å². The summed E-state index contributed by atoms with van der Waals surface area (Å²) < 4.78 is 1.51. The van der Waals surface area contributed by atoms with Gasteiger partial charge in [-0.2, -0.15) is 0 Å². The van der Waals surface area contributed by atoms with E-state index in [0.29, 0.717) is 11.3 Å². The van der Waals surface area contributed by atoms with E-state index in [-0.39, 0.29) is 11.3 Å². The largest absolute Gasteiger partial charge is 0.300 e. The number of rotatable bonds is 3. The Bertz CT molecular complexity index is 662. The van der Waals surface area contributed by atoms with E-state index in [1.165, 1.54) is 23.2 Å². The third-order valence-electron chi connectivity index (χ3n) is 2.67. The molecule has 0 saturated heterocycles. The predicted molar refractivity (Wildman–Crippen MR) is 68.8 cm³/mol. The van der Waals surface area contributed by atoms with Gasteiger partial charge in [0, 0.05) is 18.5 Å². The second-order valence-electron chi connectivity index (χ2n) is 3.85. The van der Waals surface area contributed by atoms with Crippen molar-refractivity contribution in [1.82, 2.24) is 9.55 Å². The minimum Gasteiger partial charge on any atom is -0.300 e. The topological polar surface area (TPSA) is 90.4 Å². The van der Waals surface area contributed by atoms with Gasteiger partial charge in [0.05, 0.1) is 16.8 Å². The van der Waals surface area contributed by atoms with Crippen LogP contribution in [0.1, 0.15) is 15.9 Å². The fourth-order valence-corrected chi connectivity index (χ4v) is 1.75. The van der Waals surface area contributed by atoms with Crippen LogP contribution in [0.2, 0.25) is 0 Å². The second kappa shape index (κ2) is 4.81. The number of nitro groups is 1. The highest BCUT2D eigenvalue weighted by atomic mass is 16.6. The van der Waals surface area contributed by atoms with Gasteiger partial charge in [-0.05, 0) is 25.3 Å². The molecule has 96 valence electrons.